The van der Waals surface area contributed by atoms with E-state index in [4.69, 9.17) is 16.3 Å². The number of aliphatic hydroxyl groups is 1. The molecule has 2 aromatic rings. The predicted molar refractivity (Wildman–Crippen MR) is 98.9 cm³/mol. The zero-order valence-corrected chi connectivity index (χ0v) is 15.1. The molecule has 7 heteroatoms. The molecule has 2 aromatic carbocycles. The third-order valence-corrected chi connectivity index (χ3v) is 4.01. The molecule has 0 heterocycles. The number of amides is 2. The first kappa shape index (κ1) is 19.8. The topological polar surface area (TPSA) is 87.7 Å². The maximum atomic E-state index is 11.9. The Morgan fingerprint density at radius 2 is 1.85 bits per heavy atom. The first-order valence-corrected chi connectivity index (χ1v) is 8.50. The Morgan fingerprint density at radius 1 is 1.12 bits per heavy atom. The summed E-state index contributed by atoms with van der Waals surface area (Å²) in [7, 11) is 1.54. The fourth-order valence-electron chi connectivity index (χ4n) is 2.39. The van der Waals surface area contributed by atoms with E-state index in [9.17, 15) is 14.7 Å². The number of aliphatic hydroxyl groups excluding tert-OH is 1. The van der Waals surface area contributed by atoms with Crippen LogP contribution in [0.15, 0.2) is 48.5 Å². The molecule has 0 aliphatic heterocycles. The van der Waals surface area contributed by atoms with Crippen LogP contribution in [0.25, 0.3) is 0 Å². The van der Waals surface area contributed by atoms with Crippen molar-refractivity contribution in [2.75, 3.05) is 13.7 Å². The van der Waals surface area contributed by atoms with Crippen LogP contribution >= 0.6 is 11.6 Å². The second-order valence-corrected chi connectivity index (χ2v) is 6.05. The van der Waals surface area contributed by atoms with Crippen molar-refractivity contribution < 1.29 is 19.4 Å². The van der Waals surface area contributed by atoms with Gasteiger partial charge in [-0.15, -0.1) is 0 Å². The van der Waals surface area contributed by atoms with Crippen molar-refractivity contribution in [1.29, 1.82) is 0 Å². The van der Waals surface area contributed by atoms with E-state index in [-0.39, 0.29) is 19.5 Å². The van der Waals surface area contributed by atoms with Gasteiger partial charge in [0.2, 0.25) is 0 Å². The standard InChI is InChI=1S/C19H21ClN2O4/c1-26-17-8-3-2-5-14(17)12-22-19(25)18(24)21-10-9-16(23)13-6-4-7-15(20)11-13/h2-8,11,16,23H,9-10,12H2,1H3,(H,21,24)(H,22,25)/t16-/m0/s1. The van der Waals surface area contributed by atoms with Gasteiger partial charge in [0.25, 0.3) is 0 Å². The monoisotopic (exact) mass is 376 g/mol. The third-order valence-electron chi connectivity index (χ3n) is 3.77. The van der Waals surface area contributed by atoms with Gasteiger partial charge in [0.1, 0.15) is 5.75 Å². The number of nitrogens with one attached hydrogen (secondary N) is 2. The van der Waals surface area contributed by atoms with Crippen LogP contribution in [0.1, 0.15) is 23.7 Å². The molecule has 0 aliphatic rings. The van der Waals surface area contributed by atoms with Crippen LogP contribution in [0.4, 0.5) is 0 Å². The molecule has 0 aliphatic carbocycles. The highest BCUT2D eigenvalue weighted by Crippen LogP contribution is 2.19. The lowest BCUT2D eigenvalue weighted by molar-refractivity contribution is -0.139. The minimum Gasteiger partial charge on any atom is -0.496 e. The van der Waals surface area contributed by atoms with Gasteiger partial charge >= 0.3 is 11.8 Å². The molecule has 1 atom stereocenters. The molecule has 0 saturated carbocycles. The van der Waals surface area contributed by atoms with Crippen LogP contribution in [0.5, 0.6) is 5.75 Å². The number of carbonyl (C=O) groups excluding carboxylic acids is 2. The number of hydrogen-bond donors (Lipinski definition) is 3. The van der Waals surface area contributed by atoms with E-state index < -0.39 is 17.9 Å². The number of hydrogen-bond acceptors (Lipinski definition) is 4. The van der Waals surface area contributed by atoms with E-state index in [2.05, 4.69) is 10.6 Å². The first-order chi connectivity index (χ1) is 12.5. The van der Waals surface area contributed by atoms with Gasteiger partial charge in [0.05, 0.1) is 13.2 Å². The molecule has 3 N–H and O–H groups in total. The highest BCUT2D eigenvalue weighted by molar-refractivity contribution is 6.35. The maximum absolute atomic E-state index is 11.9. The minimum atomic E-state index is -0.773. The number of halogens is 1. The second-order valence-electron chi connectivity index (χ2n) is 5.61. The summed E-state index contributed by atoms with van der Waals surface area (Å²) in [6.07, 6.45) is -0.503. The maximum Gasteiger partial charge on any atom is 0.309 e. The molecule has 0 spiro atoms. The molecule has 2 amide bonds. The zero-order valence-electron chi connectivity index (χ0n) is 14.4. The van der Waals surface area contributed by atoms with Gasteiger partial charge in [-0.05, 0) is 30.2 Å². The summed E-state index contributed by atoms with van der Waals surface area (Å²) in [5.41, 5.74) is 1.43. The first-order valence-electron chi connectivity index (χ1n) is 8.12. The van der Waals surface area contributed by atoms with Crippen LogP contribution in [-0.2, 0) is 16.1 Å². The van der Waals surface area contributed by atoms with Gasteiger partial charge in [0.15, 0.2) is 0 Å². The zero-order chi connectivity index (χ0) is 18.9. The number of carbonyl (C=O) groups is 2. The molecule has 0 saturated heterocycles. The smallest absolute Gasteiger partial charge is 0.309 e. The summed E-state index contributed by atoms with van der Waals surface area (Å²) in [5, 5.41) is 15.6. The molecule has 0 bridgehead atoms. The van der Waals surface area contributed by atoms with E-state index in [1.165, 1.54) is 0 Å². The van der Waals surface area contributed by atoms with Crippen molar-refractivity contribution in [3.8, 4) is 5.75 Å². The molecule has 138 valence electrons. The van der Waals surface area contributed by atoms with Crippen molar-refractivity contribution in [1.82, 2.24) is 10.6 Å². The molecule has 6 nitrogen and oxygen atoms in total. The van der Waals surface area contributed by atoms with Crippen LogP contribution in [0, 0.1) is 0 Å². The average Bonchev–Trinajstić information content (AvgIpc) is 2.66. The molecule has 0 unspecified atom stereocenters. The van der Waals surface area contributed by atoms with E-state index in [1.54, 1.807) is 43.5 Å². The summed E-state index contributed by atoms with van der Waals surface area (Å²) < 4.78 is 5.19. The lowest BCUT2D eigenvalue weighted by Crippen LogP contribution is -2.40. The van der Waals surface area contributed by atoms with Crippen LogP contribution in [0.3, 0.4) is 0 Å². The van der Waals surface area contributed by atoms with E-state index >= 15 is 0 Å². The Balaban J connectivity index is 1.76. The summed E-state index contributed by atoms with van der Waals surface area (Å²) in [4.78, 5) is 23.7. The van der Waals surface area contributed by atoms with Crippen LogP contribution in [-0.4, -0.2) is 30.6 Å². The fourth-order valence-corrected chi connectivity index (χ4v) is 2.59. The van der Waals surface area contributed by atoms with Crippen molar-refractivity contribution in [3.05, 3.63) is 64.7 Å². The number of rotatable bonds is 7. The highest BCUT2D eigenvalue weighted by atomic mass is 35.5. The molecular weight excluding hydrogens is 356 g/mol. The van der Waals surface area contributed by atoms with Crippen LogP contribution in [0.2, 0.25) is 5.02 Å². The lowest BCUT2D eigenvalue weighted by Gasteiger charge is -2.12. The highest BCUT2D eigenvalue weighted by Gasteiger charge is 2.15. The van der Waals surface area contributed by atoms with Gasteiger partial charge in [-0.25, -0.2) is 0 Å². The normalized spacial score (nSPS) is 11.5. The summed E-state index contributed by atoms with van der Waals surface area (Å²) >= 11 is 5.88. The van der Waals surface area contributed by atoms with E-state index in [1.807, 2.05) is 12.1 Å². The average molecular weight is 377 g/mol. The summed E-state index contributed by atoms with van der Waals surface area (Å²) in [5.74, 6) is -0.857. The molecular formula is C19H21ClN2O4. The van der Waals surface area contributed by atoms with Gasteiger partial charge in [-0.1, -0.05) is 41.9 Å². The Morgan fingerprint density at radius 3 is 2.58 bits per heavy atom. The quantitative estimate of drug-likeness (QED) is 0.646. The van der Waals surface area contributed by atoms with E-state index in [0.29, 0.717) is 16.3 Å². The summed E-state index contributed by atoms with van der Waals surface area (Å²) in [6.45, 7) is 0.343. The van der Waals surface area contributed by atoms with Crippen molar-refractivity contribution in [3.63, 3.8) is 0 Å². The second kappa shape index (κ2) is 9.79. The number of ether oxygens (including phenoxy) is 1. The van der Waals surface area contributed by atoms with Crippen molar-refractivity contribution >= 4 is 23.4 Å². The fraction of sp³-hybridized carbons (Fsp3) is 0.263. The Kier molecular flexibility index (Phi) is 7.44. The van der Waals surface area contributed by atoms with Gasteiger partial charge in [0, 0.05) is 23.7 Å². The Hall–Kier alpha value is -2.57. The molecule has 26 heavy (non-hydrogen) atoms. The number of para-hydroxylation sites is 1. The Labute approximate surface area is 157 Å². The van der Waals surface area contributed by atoms with Crippen molar-refractivity contribution in [2.24, 2.45) is 0 Å². The molecule has 0 radical (unpaired) electrons. The largest absolute Gasteiger partial charge is 0.496 e. The lowest BCUT2D eigenvalue weighted by atomic mass is 10.1. The summed E-state index contributed by atoms with van der Waals surface area (Å²) in [6, 6.07) is 14.1. The van der Waals surface area contributed by atoms with Gasteiger partial charge in [-0.3, -0.25) is 9.59 Å². The Bertz CT molecular complexity index is 767. The number of methoxy groups -OCH3 is 1. The van der Waals surface area contributed by atoms with Crippen molar-refractivity contribution in [2.45, 2.75) is 19.1 Å². The van der Waals surface area contributed by atoms with Crippen LogP contribution < -0.4 is 15.4 Å². The van der Waals surface area contributed by atoms with E-state index in [0.717, 1.165) is 5.56 Å². The molecule has 0 fully saturated rings. The third kappa shape index (κ3) is 5.75. The van der Waals surface area contributed by atoms with Gasteiger partial charge < -0.3 is 20.5 Å². The number of benzene rings is 2. The predicted octanol–water partition coefficient (Wildman–Crippen LogP) is 2.20. The molecule has 2 rings (SSSR count). The SMILES string of the molecule is COc1ccccc1CNC(=O)C(=O)NCC[C@H](O)c1cccc(Cl)c1. The van der Waals surface area contributed by atoms with Gasteiger partial charge in [-0.2, -0.15) is 0 Å². The molecule has 0 aromatic heterocycles. The minimum absolute atomic E-state index is 0.161.